The number of nitrogens with zero attached hydrogens (tertiary/aromatic N) is 1. The van der Waals surface area contributed by atoms with E-state index in [0.717, 1.165) is 12.3 Å². The Morgan fingerprint density at radius 1 is 1.44 bits per heavy atom. The van der Waals surface area contributed by atoms with E-state index in [4.69, 9.17) is 16.8 Å². The molecule has 0 saturated heterocycles. The number of alkyl halides is 3. The van der Waals surface area contributed by atoms with Gasteiger partial charge in [-0.05, 0) is 0 Å². The largest absolute Gasteiger partial charge is 0.432 e. The van der Waals surface area contributed by atoms with E-state index >= 15 is 0 Å². The minimum Gasteiger partial charge on any atom is -0.432 e. The van der Waals surface area contributed by atoms with E-state index in [-0.39, 0.29) is 10.9 Å². The van der Waals surface area contributed by atoms with Gasteiger partial charge in [-0.2, -0.15) is 13.2 Å². The van der Waals surface area contributed by atoms with Gasteiger partial charge in [0.25, 0.3) is 0 Å². The summed E-state index contributed by atoms with van der Waals surface area (Å²) < 4.78 is 39.9. The molecule has 0 bridgehead atoms. The highest BCUT2D eigenvalue weighted by Crippen LogP contribution is 2.17. The summed E-state index contributed by atoms with van der Waals surface area (Å²) in [7, 11) is 0. The van der Waals surface area contributed by atoms with Crippen LogP contribution in [-0.4, -0.2) is 18.0 Å². The van der Waals surface area contributed by atoms with E-state index in [1.54, 1.807) is 0 Å². The van der Waals surface area contributed by atoms with Crippen LogP contribution in [0.4, 0.5) is 13.2 Å². The average Bonchev–Trinajstić information content (AvgIpc) is 2.21. The molecule has 1 N–H and O–H groups in total. The lowest BCUT2D eigenvalue weighted by Crippen LogP contribution is -2.34. The van der Waals surface area contributed by atoms with Gasteiger partial charge >= 0.3 is 12.1 Å². The van der Waals surface area contributed by atoms with Gasteiger partial charge < -0.3 is 4.74 Å². The molecule has 1 aromatic heterocycles. The SMILES string of the molecule is CC.O[n+]1ccc(Cl)cc1OCC(F)(F)F. The van der Waals surface area contributed by atoms with Gasteiger partial charge in [-0.15, -0.1) is 0 Å². The van der Waals surface area contributed by atoms with Gasteiger partial charge in [-0.3, -0.25) is 5.21 Å². The third-order valence-corrected chi connectivity index (χ3v) is 1.48. The topological polar surface area (TPSA) is 33.3 Å². The molecule has 0 aliphatic carbocycles. The van der Waals surface area contributed by atoms with Gasteiger partial charge in [0.2, 0.25) is 6.20 Å². The van der Waals surface area contributed by atoms with Crippen LogP contribution >= 0.6 is 11.6 Å². The van der Waals surface area contributed by atoms with Gasteiger partial charge in [0, 0.05) is 10.8 Å². The van der Waals surface area contributed by atoms with Crippen LogP contribution in [0.1, 0.15) is 13.8 Å². The van der Waals surface area contributed by atoms with Gasteiger partial charge in [-0.1, -0.05) is 25.4 Å². The van der Waals surface area contributed by atoms with E-state index in [0.29, 0.717) is 4.73 Å². The average molecular weight is 259 g/mol. The second-order valence-corrected chi connectivity index (χ2v) is 2.87. The minimum atomic E-state index is -4.45. The van der Waals surface area contributed by atoms with Gasteiger partial charge in [-0.25, -0.2) is 0 Å². The molecule has 7 heteroatoms. The first-order chi connectivity index (χ1) is 7.38. The maximum Gasteiger partial charge on any atom is 0.422 e. The normalized spacial score (nSPS) is 10.4. The monoisotopic (exact) mass is 258 g/mol. The summed E-state index contributed by atoms with van der Waals surface area (Å²) in [4.78, 5) is 0. The molecular formula is C9H12ClF3NO2+. The lowest BCUT2D eigenvalue weighted by Gasteiger charge is -2.05. The van der Waals surface area contributed by atoms with E-state index < -0.39 is 12.8 Å². The zero-order valence-electron chi connectivity index (χ0n) is 8.75. The number of aromatic nitrogens is 1. The van der Waals surface area contributed by atoms with Crippen LogP contribution in [0, 0.1) is 0 Å². The molecule has 1 aromatic rings. The van der Waals surface area contributed by atoms with Gasteiger partial charge in [0.15, 0.2) is 6.61 Å². The maximum absolute atomic E-state index is 11.7. The smallest absolute Gasteiger partial charge is 0.422 e. The number of hydrogen-bond acceptors (Lipinski definition) is 2. The highest BCUT2D eigenvalue weighted by atomic mass is 35.5. The molecule has 0 aliphatic rings. The predicted molar refractivity (Wildman–Crippen MR) is 51.7 cm³/mol. The Morgan fingerprint density at radius 2 is 2.00 bits per heavy atom. The Balaban J connectivity index is 0.00000106. The number of halogens is 4. The molecule has 0 fully saturated rings. The molecule has 0 aromatic carbocycles. The lowest BCUT2D eigenvalue weighted by atomic mass is 10.5. The van der Waals surface area contributed by atoms with Crippen LogP contribution in [-0.2, 0) is 0 Å². The third kappa shape index (κ3) is 5.65. The predicted octanol–water partition coefficient (Wildman–Crippen LogP) is 2.83. The standard InChI is InChI=1S/C7H6ClF3NO2.C2H6/c8-5-1-2-12(13)6(3-5)14-4-7(9,10)11;1-2/h1-3,13H,4H2;1-2H3/q+1;. The van der Waals surface area contributed by atoms with Crippen molar-refractivity contribution in [2.75, 3.05) is 6.61 Å². The Morgan fingerprint density at radius 3 is 2.50 bits per heavy atom. The molecule has 92 valence electrons. The summed E-state index contributed by atoms with van der Waals surface area (Å²) in [5.41, 5.74) is 0. The fourth-order valence-corrected chi connectivity index (χ4v) is 0.861. The highest BCUT2D eigenvalue weighted by Gasteiger charge is 2.30. The van der Waals surface area contributed by atoms with Crippen molar-refractivity contribution >= 4 is 11.6 Å². The molecule has 0 unspecified atom stereocenters. The Hall–Kier alpha value is -1.17. The van der Waals surface area contributed by atoms with Crippen molar-refractivity contribution < 1.29 is 27.8 Å². The summed E-state index contributed by atoms with van der Waals surface area (Å²) in [6, 6.07) is 2.38. The molecule has 0 saturated carbocycles. The van der Waals surface area contributed by atoms with Crippen molar-refractivity contribution in [2.24, 2.45) is 0 Å². The highest BCUT2D eigenvalue weighted by molar-refractivity contribution is 6.30. The molecule has 1 heterocycles. The van der Waals surface area contributed by atoms with Crippen molar-refractivity contribution in [1.82, 2.24) is 0 Å². The van der Waals surface area contributed by atoms with Crippen molar-refractivity contribution in [2.45, 2.75) is 20.0 Å². The molecule has 16 heavy (non-hydrogen) atoms. The van der Waals surface area contributed by atoms with Crippen LogP contribution in [0.25, 0.3) is 0 Å². The number of pyridine rings is 1. The van der Waals surface area contributed by atoms with Crippen LogP contribution in [0.5, 0.6) is 5.88 Å². The Kier molecular flexibility index (Phi) is 5.95. The number of hydrogen-bond donors (Lipinski definition) is 1. The van der Waals surface area contributed by atoms with Crippen molar-refractivity contribution in [1.29, 1.82) is 0 Å². The molecule has 0 atom stereocenters. The van der Waals surface area contributed by atoms with E-state index in [1.165, 1.54) is 6.07 Å². The summed E-state index contributed by atoms with van der Waals surface area (Å²) in [5, 5.41) is 9.17. The second kappa shape index (κ2) is 6.42. The lowest BCUT2D eigenvalue weighted by molar-refractivity contribution is -0.906. The summed E-state index contributed by atoms with van der Waals surface area (Å²) in [5.74, 6) is -0.366. The minimum absolute atomic E-state index is 0.174. The second-order valence-electron chi connectivity index (χ2n) is 2.43. The molecule has 1 rings (SSSR count). The van der Waals surface area contributed by atoms with Crippen LogP contribution in [0.2, 0.25) is 5.02 Å². The molecule has 0 spiro atoms. The van der Waals surface area contributed by atoms with Crippen molar-refractivity contribution in [3.8, 4) is 5.88 Å². The first-order valence-electron chi connectivity index (χ1n) is 4.48. The van der Waals surface area contributed by atoms with E-state index in [1.807, 2.05) is 13.8 Å². The summed E-state index contributed by atoms with van der Waals surface area (Å²) in [6.07, 6.45) is -3.37. The zero-order valence-corrected chi connectivity index (χ0v) is 9.51. The number of ether oxygens (including phenoxy) is 1. The van der Waals surface area contributed by atoms with Crippen molar-refractivity contribution in [3.63, 3.8) is 0 Å². The van der Waals surface area contributed by atoms with Gasteiger partial charge in [0.05, 0.1) is 11.1 Å². The number of rotatable bonds is 2. The van der Waals surface area contributed by atoms with E-state index in [2.05, 4.69) is 4.74 Å². The van der Waals surface area contributed by atoms with Crippen LogP contribution in [0.15, 0.2) is 18.3 Å². The fourth-order valence-electron chi connectivity index (χ4n) is 0.711. The maximum atomic E-state index is 11.7. The van der Waals surface area contributed by atoms with Crippen LogP contribution < -0.4 is 9.47 Å². The Bertz CT molecular complexity index is 331. The zero-order chi connectivity index (χ0) is 12.8. The van der Waals surface area contributed by atoms with Crippen molar-refractivity contribution in [3.05, 3.63) is 23.4 Å². The molecule has 0 amide bonds. The summed E-state index contributed by atoms with van der Waals surface area (Å²) in [6.45, 7) is 2.52. The van der Waals surface area contributed by atoms with E-state index in [9.17, 15) is 13.2 Å². The molecule has 0 aliphatic heterocycles. The van der Waals surface area contributed by atoms with Gasteiger partial charge in [0.1, 0.15) is 0 Å². The Labute approximate surface area is 96.0 Å². The molecular weight excluding hydrogens is 247 g/mol. The fraction of sp³-hybridized carbons (Fsp3) is 0.444. The third-order valence-electron chi connectivity index (χ3n) is 1.25. The van der Waals surface area contributed by atoms with Crippen LogP contribution in [0.3, 0.4) is 0 Å². The quantitative estimate of drug-likeness (QED) is 0.654. The molecule has 3 nitrogen and oxygen atoms in total. The summed E-state index contributed by atoms with van der Waals surface area (Å²) >= 11 is 5.48. The molecule has 0 radical (unpaired) electrons. The first-order valence-corrected chi connectivity index (χ1v) is 4.86. The first kappa shape index (κ1) is 14.8.